The van der Waals surface area contributed by atoms with Gasteiger partial charge in [0.2, 0.25) is 5.91 Å². The van der Waals surface area contributed by atoms with Gasteiger partial charge >= 0.3 is 0 Å². The number of carbonyl (C=O) groups is 1. The standard InChI is InChI=1S/C19H31N5O/c1-19(20)7-4-3-5-16(19)18(25)22-14-15-6-8-21-17(13-15)24-11-9-23(2)10-12-24/h6,8,13,16H,3-5,7,9-12,14,20H2,1-2H3,(H,22,25). The third-order valence-corrected chi connectivity index (χ3v) is 5.67. The van der Waals surface area contributed by atoms with E-state index in [1.54, 1.807) is 0 Å². The van der Waals surface area contributed by atoms with Crippen molar-refractivity contribution in [2.24, 2.45) is 11.7 Å². The third-order valence-electron chi connectivity index (χ3n) is 5.67. The van der Waals surface area contributed by atoms with Crippen LogP contribution in [0.1, 0.15) is 38.2 Å². The molecular formula is C19H31N5O. The van der Waals surface area contributed by atoms with Crippen molar-refractivity contribution in [3.8, 4) is 0 Å². The molecule has 1 saturated heterocycles. The van der Waals surface area contributed by atoms with Crippen molar-refractivity contribution in [1.29, 1.82) is 0 Å². The van der Waals surface area contributed by atoms with Crippen LogP contribution >= 0.6 is 0 Å². The Bertz CT molecular complexity index is 595. The van der Waals surface area contributed by atoms with Crippen LogP contribution in [0.2, 0.25) is 0 Å². The van der Waals surface area contributed by atoms with Gasteiger partial charge in [-0.2, -0.15) is 0 Å². The van der Waals surface area contributed by atoms with E-state index in [1.165, 1.54) is 0 Å². The minimum atomic E-state index is -0.383. The molecule has 2 aliphatic rings. The largest absolute Gasteiger partial charge is 0.354 e. The summed E-state index contributed by atoms with van der Waals surface area (Å²) in [6, 6.07) is 4.07. The number of nitrogens with zero attached hydrogens (tertiary/aromatic N) is 3. The van der Waals surface area contributed by atoms with E-state index in [1.807, 2.05) is 19.2 Å². The van der Waals surface area contributed by atoms with Gasteiger partial charge in [-0.05, 0) is 44.5 Å². The maximum atomic E-state index is 12.6. The van der Waals surface area contributed by atoms with Crippen LogP contribution in [0.5, 0.6) is 0 Å². The number of likely N-dealkylation sites (N-methyl/N-ethyl adjacent to an activating group) is 1. The van der Waals surface area contributed by atoms with Gasteiger partial charge in [-0.15, -0.1) is 0 Å². The normalized spacial score (nSPS) is 28.0. The van der Waals surface area contributed by atoms with Crippen molar-refractivity contribution >= 4 is 11.7 Å². The SMILES string of the molecule is CN1CCN(c2cc(CNC(=O)C3CCCCC3(C)N)ccn2)CC1. The van der Waals surface area contributed by atoms with E-state index < -0.39 is 0 Å². The van der Waals surface area contributed by atoms with Gasteiger partial charge in [0.05, 0.1) is 5.92 Å². The molecule has 138 valence electrons. The molecule has 2 fully saturated rings. The number of aromatic nitrogens is 1. The van der Waals surface area contributed by atoms with Gasteiger partial charge in [-0.1, -0.05) is 12.8 Å². The summed E-state index contributed by atoms with van der Waals surface area (Å²) in [7, 11) is 2.15. The molecule has 0 spiro atoms. The quantitative estimate of drug-likeness (QED) is 0.862. The smallest absolute Gasteiger partial charge is 0.225 e. The number of amides is 1. The summed E-state index contributed by atoms with van der Waals surface area (Å²) >= 11 is 0. The van der Waals surface area contributed by atoms with Gasteiger partial charge in [0.15, 0.2) is 0 Å². The van der Waals surface area contributed by atoms with Crippen LogP contribution in [0.4, 0.5) is 5.82 Å². The molecule has 0 bridgehead atoms. The fraction of sp³-hybridized carbons (Fsp3) is 0.684. The first kappa shape index (κ1) is 18.1. The van der Waals surface area contributed by atoms with Crippen LogP contribution in [0, 0.1) is 5.92 Å². The van der Waals surface area contributed by atoms with Gasteiger partial charge in [0, 0.05) is 44.5 Å². The second-order valence-corrected chi connectivity index (χ2v) is 7.83. The molecule has 6 nitrogen and oxygen atoms in total. The summed E-state index contributed by atoms with van der Waals surface area (Å²) in [6.07, 6.45) is 5.86. The van der Waals surface area contributed by atoms with Crippen molar-refractivity contribution in [1.82, 2.24) is 15.2 Å². The fourth-order valence-electron chi connectivity index (χ4n) is 3.88. The molecule has 3 rings (SSSR count). The number of hydrogen-bond acceptors (Lipinski definition) is 5. The van der Waals surface area contributed by atoms with E-state index in [-0.39, 0.29) is 17.4 Å². The lowest BCUT2D eigenvalue weighted by molar-refractivity contribution is -0.128. The lowest BCUT2D eigenvalue weighted by Gasteiger charge is -2.37. The van der Waals surface area contributed by atoms with E-state index >= 15 is 0 Å². The Morgan fingerprint density at radius 1 is 1.36 bits per heavy atom. The molecule has 1 aliphatic heterocycles. The molecule has 0 radical (unpaired) electrons. The number of hydrogen-bond donors (Lipinski definition) is 2. The molecule has 1 aliphatic carbocycles. The van der Waals surface area contributed by atoms with Crippen LogP contribution in [0.3, 0.4) is 0 Å². The average Bonchev–Trinajstić information content (AvgIpc) is 2.60. The van der Waals surface area contributed by atoms with Crippen LogP contribution in [-0.4, -0.2) is 54.6 Å². The maximum absolute atomic E-state index is 12.6. The average molecular weight is 345 g/mol. The molecule has 2 heterocycles. The highest BCUT2D eigenvalue weighted by molar-refractivity contribution is 5.80. The molecule has 6 heteroatoms. The number of nitrogens with one attached hydrogen (secondary N) is 1. The molecule has 1 amide bonds. The Labute approximate surface area is 150 Å². The predicted molar refractivity (Wildman–Crippen MR) is 100 cm³/mol. The van der Waals surface area contributed by atoms with Gasteiger partial charge in [-0.25, -0.2) is 4.98 Å². The summed E-state index contributed by atoms with van der Waals surface area (Å²) in [5.41, 5.74) is 7.05. The summed E-state index contributed by atoms with van der Waals surface area (Å²) in [5, 5.41) is 3.09. The fourth-order valence-corrected chi connectivity index (χ4v) is 3.88. The Hall–Kier alpha value is -1.66. The number of piperazine rings is 1. The number of anilines is 1. The van der Waals surface area contributed by atoms with Crippen LogP contribution in [-0.2, 0) is 11.3 Å². The lowest BCUT2D eigenvalue weighted by atomic mass is 9.74. The van der Waals surface area contributed by atoms with Gasteiger partial charge < -0.3 is 20.9 Å². The molecule has 1 aromatic heterocycles. The zero-order valence-electron chi connectivity index (χ0n) is 15.5. The molecule has 2 unspecified atom stereocenters. The molecule has 3 N–H and O–H groups in total. The second-order valence-electron chi connectivity index (χ2n) is 7.83. The highest BCUT2D eigenvalue weighted by Crippen LogP contribution is 2.31. The zero-order chi connectivity index (χ0) is 17.9. The van der Waals surface area contributed by atoms with Crippen molar-refractivity contribution in [2.45, 2.75) is 44.7 Å². The van der Waals surface area contributed by atoms with Crippen molar-refractivity contribution in [3.63, 3.8) is 0 Å². The number of carbonyl (C=O) groups excluding carboxylic acids is 1. The highest BCUT2D eigenvalue weighted by atomic mass is 16.1. The monoisotopic (exact) mass is 345 g/mol. The summed E-state index contributed by atoms with van der Waals surface area (Å²) < 4.78 is 0. The van der Waals surface area contributed by atoms with Crippen molar-refractivity contribution in [3.05, 3.63) is 23.9 Å². The summed E-state index contributed by atoms with van der Waals surface area (Å²) in [4.78, 5) is 21.7. The second kappa shape index (κ2) is 7.70. The third kappa shape index (κ3) is 4.50. The lowest BCUT2D eigenvalue weighted by Crippen LogP contribution is -2.52. The van der Waals surface area contributed by atoms with Gasteiger partial charge in [-0.3, -0.25) is 4.79 Å². The topological polar surface area (TPSA) is 74.5 Å². The van der Waals surface area contributed by atoms with Crippen LogP contribution in [0.15, 0.2) is 18.3 Å². The Morgan fingerprint density at radius 2 is 2.12 bits per heavy atom. The van der Waals surface area contributed by atoms with E-state index in [2.05, 4.69) is 33.2 Å². The molecule has 25 heavy (non-hydrogen) atoms. The Morgan fingerprint density at radius 3 is 2.84 bits per heavy atom. The van der Waals surface area contributed by atoms with Crippen LogP contribution < -0.4 is 16.0 Å². The van der Waals surface area contributed by atoms with E-state index in [0.29, 0.717) is 6.54 Å². The van der Waals surface area contributed by atoms with E-state index in [4.69, 9.17) is 5.73 Å². The van der Waals surface area contributed by atoms with E-state index in [9.17, 15) is 4.79 Å². The van der Waals surface area contributed by atoms with Crippen molar-refractivity contribution in [2.75, 3.05) is 38.1 Å². The molecular weight excluding hydrogens is 314 g/mol. The first-order valence-corrected chi connectivity index (χ1v) is 9.41. The minimum absolute atomic E-state index is 0.0832. The van der Waals surface area contributed by atoms with Gasteiger partial charge in [0.1, 0.15) is 5.82 Å². The highest BCUT2D eigenvalue weighted by Gasteiger charge is 2.37. The first-order valence-electron chi connectivity index (χ1n) is 9.41. The maximum Gasteiger partial charge on any atom is 0.225 e. The van der Waals surface area contributed by atoms with Gasteiger partial charge in [0.25, 0.3) is 0 Å². The Balaban J connectivity index is 1.58. The molecule has 1 saturated carbocycles. The summed E-state index contributed by atoms with van der Waals surface area (Å²) in [6.45, 7) is 6.64. The van der Waals surface area contributed by atoms with E-state index in [0.717, 1.165) is 63.2 Å². The van der Waals surface area contributed by atoms with Crippen LogP contribution in [0.25, 0.3) is 0 Å². The number of nitrogens with two attached hydrogens (primary N) is 1. The number of rotatable bonds is 4. The molecule has 1 aromatic rings. The van der Waals surface area contributed by atoms with Crippen molar-refractivity contribution < 1.29 is 4.79 Å². The molecule has 0 aromatic carbocycles. The molecule has 2 atom stereocenters. The number of pyridine rings is 1. The summed E-state index contributed by atoms with van der Waals surface area (Å²) in [5.74, 6) is 1.00. The first-order chi connectivity index (χ1) is 12.0. The predicted octanol–water partition coefficient (Wildman–Crippen LogP) is 1.36. The Kier molecular flexibility index (Phi) is 5.59. The zero-order valence-corrected chi connectivity index (χ0v) is 15.5. The minimum Gasteiger partial charge on any atom is -0.354 e.